The average molecular weight is 182 g/mol. The van der Waals surface area contributed by atoms with Crippen LogP contribution in [0.2, 0.25) is 0 Å². The minimum atomic E-state index is 0.252. The monoisotopic (exact) mass is 182 g/mol. The fourth-order valence-electron chi connectivity index (χ4n) is 2.88. The molecule has 0 N–H and O–H groups in total. The van der Waals surface area contributed by atoms with E-state index >= 15 is 0 Å². The highest BCUT2D eigenvalue weighted by atomic mass is 16.5. The van der Waals surface area contributed by atoms with Gasteiger partial charge in [-0.25, -0.2) is 0 Å². The molecular formula is C11H18O2. The molecule has 74 valence electrons. The van der Waals surface area contributed by atoms with Crippen LogP contribution in [0, 0.1) is 11.3 Å². The minimum absolute atomic E-state index is 0.252. The van der Waals surface area contributed by atoms with Gasteiger partial charge in [-0.05, 0) is 25.7 Å². The molecule has 2 heteroatoms. The van der Waals surface area contributed by atoms with Crippen molar-refractivity contribution in [2.45, 2.75) is 39.0 Å². The van der Waals surface area contributed by atoms with Crippen LogP contribution in [-0.2, 0) is 9.53 Å². The van der Waals surface area contributed by atoms with E-state index in [1.54, 1.807) is 6.92 Å². The van der Waals surface area contributed by atoms with Gasteiger partial charge in [-0.15, -0.1) is 0 Å². The van der Waals surface area contributed by atoms with E-state index in [0.29, 0.717) is 5.78 Å². The summed E-state index contributed by atoms with van der Waals surface area (Å²) in [6, 6.07) is 0. The fourth-order valence-corrected chi connectivity index (χ4v) is 2.88. The first-order valence-corrected chi connectivity index (χ1v) is 5.30. The van der Waals surface area contributed by atoms with Gasteiger partial charge in [0, 0.05) is 11.8 Å². The molecule has 13 heavy (non-hydrogen) atoms. The van der Waals surface area contributed by atoms with Crippen LogP contribution in [0.4, 0.5) is 0 Å². The van der Waals surface area contributed by atoms with E-state index in [9.17, 15) is 4.79 Å². The number of Topliss-reactive ketones (excluding diaryl/α,β-unsaturated/α-hetero) is 1. The maximum atomic E-state index is 11.2. The van der Waals surface area contributed by atoms with Crippen LogP contribution >= 0.6 is 0 Å². The van der Waals surface area contributed by atoms with Gasteiger partial charge in [0.1, 0.15) is 5.78 Å². The lowest BCUT2D eigenvalue weighted by Crippen LogP contribution is -2.48. The van der Waals surface area contributed by atoms with Gasteiger partial charge in [-0.2, -0.15) is 0 Å². The number of ketones is 1. The van der Waals surface area contributed by atoms with Crippen molar-refractivity contribution < 1.29 is 9.53 Å². The first-order chi connectivity index (χ1) is 6.23. The second-order valence-electron chi connectivity index (χ2n) is 4.72. The molecule has 1 saturated heterocycles. The fraction of sp³-hybridized carbons (Fsp3) is 0.909. The number of hydrogen-bond donors (Lipinski definition) is 0. The molecule has 1 aliphatic carbocycles. The van der Waals surface area contributed by atoms with Gasteiger partial charge in [0.2, 0.25) is 0 Å². The number of rotatable bonds is 3. The van der Waals surface area contributed by atoms with Crippen LogP contribution < -0.4 is 0 Å². The molecule has 0 unspecified atom stereocenters. The van der Waals surface area contributed by atoms with Crippen molar-refractivity contribution in [3.8, 4) is 0 Å². The summed E-state index contributed by atoms with van der Waals surface area (Å²) in [5.74, 6) is 1.10. The Hall–Kier alpha value is -0.370. The van der Waals surface area contributed by atoms with E-state index < -0.39 is 0 Å². The molecule has 1 heterocycles. The summed E-state index contributed by atoms with van der Waals surface area (Å²) in [7, 11) is 0. The van der Waals surface area contributed by atoms with Gasteiger partial charge in [-0.1, -0.05) is 12.8 Å². The molecule has 0 amide bonds. The van der Waals surface area contributed by atoms with Gasteiger partial charge in [0.15, 0.2) is 0 Å². The lowest BCUT2D eigenvalue weighted by atomic mass is 9.69. The Morgan fingerprint density at radius 3 is 2.38 bits per heavy atom. The number of carbonyl (C=O) groups is 1. The van der Waals surface area contributed by atoms with Crippen molar-refractivity contribution in [2.24, 2.45) is 11.3 Å². The lowest BCUT2D eigenvalue weighted by Gasteiger charge is -2.45. The summed E-state index contributed by atoms with van der Waals surface area (Å²) in [4.78, 5) is 11.2. The largest absolute Gasteiger partial charge is 0.380 e. The van der Waals surface area contributed by atoms with E-state index in [2.05, 4.69) is 0 Å². The second kappa shape index (κ2) is 3.41. The maximum Gasteiger partial charge on any atom is 0.130 e. The minimum Gasteiger partial charge on any atom is -0.380 e. The molecule has 2 nitrogen and oxygen atoms in total. The number of hydrogen-bond acceptors (Lipinski definition) is 2. The van der Waals surface area contributed by atoms with Crippen molar-refractivity contribution >= 4 is 5.78 Å². The Morgan fingerprint density at radius 2 is 2.00 bits per heavy atom. The second-order valence-corrected chi connectivity index (χ2v) is 4.72. The molecule has 0 aromatic carbocycles. The van der Waals surface area contributed by atoms with Crippen LogP contribution in [-0.4, -0.2) is 19.0 Å². The molecule has 2 fully saturated rings. The molecule has 0 spiro atoms. The molecule has 0 bridgehead atoms. The third kappa shape index (κ3) is 1.64. The van der Waals surface area contributed by atoms with Crippen LogP contribution in [0.3, 0.4) is 0 Å². The van der Waals surface area contributed by atoms with Crippen molar-refractivity contribution in [2.75, 3.05) is 13.2 Å². The van der Waals surface area contributed by atoms with Gasteiger partial charge in [0.05, 0.1) is 13.2 Å². The molecule has 0 aromatic heterocycles. The quantitative estimate of drug-likeness (QED) is 0.668. The molecule has 2 rings (SSSR count). The highest BCUT2D eigenvalue weighted by Crippen LogP contribution is 2.47. The highest BCUT2D eigenvalue weighted by Gasteiger charge is 2.46. The smallest absolute Gasteiger partial charge is 0.130 e. The van der Waals surface area contributed by atoms with Gasteiger partial charge >= 0.3 is 0 Å². The Kier molecular flexibility index (Phi) is 2.41. The van der Waals surface area contributed by atoms with E-state index in [1.807, 2.05) is 0 Å². The zero-order chi connectivity index (χ0) is 9.31. The van der Waals surface area contributed by atoms with Crippen molar-refractivity contribution in [3.05, 3.63) is 0 Å². The molecule has 1 saturated carbocycles. The van der Waals surface area contributed by atoms with Crippen molar-refractivity contribution in [1.29, 1.82) is 0 Å². The molecule has 1 aliphatic heterocycles. The van der Waals surface area contributed by atoms with E-state index in [1.165, 1.54) is 25.7 Å². The predicted octanol–water partition coefficient (Wildman–Crippen LogP) is 2.17. The zero-order valence-corrected chi connectivity index (χ0v) is 8.34. The van der Waals surface area contributed by atoms with Crippen LogP contribution in [0.1, 0.15) is 39.0 Å². The van der Waals surface area contributed by atoms with E-state index in [0.717, 1.165) is 25.6 Å². The van der Waals surface area contributed by atoms with Gasteiger partial charge in [-0.3, -0.25) is 0 Å². The summed E-state index contributed by atoms with van der Waals surface area (Å²) in [6.45, 7) is 3.36. The molecular weight excluding hydrogens is 164 g/mol. The summed E-state index contributed by atoms with van der Waals surface area (Å²) < 4.78 is 5.30. The zero-order valence-electron chi connectivity index (χ0n) is 8.34. The topological polar surface area (TPSA) is 26.3 Å². The van der Waals surface area contributed by atoms with E-state index in [4.69, 9.17) is 4.74 Å². The highest BCUT2D eigenvalue weighted by molar-refractivity contribution is 5.76. The normalized spacial score (nSPS) is 27.2. The van der Waals surface area contributed by atoms with Crippen LogP contribution in [0.15, 0.2) is 0 Å². The average Bonchev–Trinajstić information content (AvgIpc) is 2.48. The molecule has 2 aliphatic rings. The predicted molar refractivity (Wildman–Crippen MR) is 50.5 cm³/mol. The van der Waals surface area contributed by atoms with Crippen LogP contribution in [0.5, 0.6) is 0 Å². The third-order valence-corrected chi connectivity index (χ3v) is 3.60. The van der Waals surface area contributed by atoms with Gasteiger partial charge in [0.25, 0.3) is 0 Å². The Morgan fingerprint density at radius 1 is 1.38 bits per heavy atom. The Bertz CT molecular complexity index is 200. The summed E-state index contributed by atoms with van der Waals surface area (Å²) in [6.07, 6.45) is 6.08. The molecule has 0 aromatic rings. The Balaban J connectivity index is 2.01. The molecule has 0 atom stereocenters. The summed E-state index contributed by atoms with van der Waals surface area (Å²) in [5.41, 5.74) is 0.252. The standard InChI is InChI=1S/C11H18O2/c1-9(12)6-11(7-13-8-11)10-4-2-3-5-10/h10H,2-8H2,1H3. The summed E-state index contributed by atoms with van der Waals surface area (Å²) in [5, 5.41) is 0. The van der Waals surface area contributed by atoms with E-state index in [-0.39, 0.29) is 5.41 Å². The maximum absolute atomic E-state index is 11.2. The first-order valence-electron chi connectivity index (χ1n) is 5.30. The molecule has 0 radical (unpaired) electrons. The first kappa shape index (κ1) is 9.20. The third-order valence-electron chi connectivity index (χ3n) is 3.60. The SMILES string of the molecule is CC(=O)CC1(C2CCCC2)COC1. The summed E-state index contributed by atoms with van der Waals surface area (Å²) >= 11 is 0. The Labute approximate surface area is 79.7 Å². The van der Waals surface area contributed by atoms with Crippen molar-refractivity contribution in [3.63, 3.8) is 0 Å². The van der Waals surface area contributed by atoms with Crippen molar-refractivity contribution in [1.82, 2.24) is 0 Å². The lowest BCUT2D eigenvalue weighted by molar-refractivity contribution is -0.158. The number of ether oxygens (including phenoxy) is 1. The number of carbonyl (C=O) groups excluding carboxylic acids is 1. The van der Waals surface area contributed by atoms with Gasteiger partial charge < -0.3 is 9.53 Å². The van der Waals surface area contributed by atoms with Crippen LogP contribution in [0.25, 0.3) is 0 Å².